The molecule has 2 amide bonds. The van der Waals surface area contributed by atoms with Gasteiger partial charge in [-0.3, -0.25) is 0 Å². The van der Waals surface area contributed by atoms with Crippen LogP contribution in [-0.2, 0) is 22.6 Å². The van der Waals surface area contributed by atoms with Gasteiger partial charge >= 0.3 is 6.03 Å². The monoisotopic (exact) mass is 689 g/mol. The van der Waals surface area contributed by atoms with E-state index in [1.807, 2.05) is 48.7 Å². The van der Waals surface area contributed by atoms with Gasteiger partial charge in [0.1, 0.15) is 0 Å². The minimum Gasteiger partial charge on any atom is -0.392 e. The molecule has 4 saturated carbocycles. The lowest BCUT2D eigenvalue weighted by molar-refractivity contribution is -0.268. The quantitative estimate of drug-likeness (QED) is 0.145. The number of rotatable bonds is 10. The summed E-state index contributed by atoms with van der Waals surface area (Å²) < 4.78 is 13.4. The van der Waals surface area contributed by atoms with Gasteiger partial charge in [0, 0.05) is 35.5 Å². The third-order valence-electron chi connectivity index (χ3n) is 11.5. The van der Waals surface area contributed by atoms with E-state index in [9.17, 15) is 9.90 Å². The van der Waals surface area contributed by atoms with Crippen molar-refractivity contribution >= 4 is 17.8 Å². The van der Waals surface area contributed by atoms with Crippen molar-refractivity contribution in [1.82, 2.24) is 15.6 Å². The highest BCUT2D eigenvalue weighted by atomic mass is 32.2. The van der Waals surface area contributed by atoms with E-state index >= 15 is 0 Å². The molecule has 5 fully saturated rings. The van der Waals surface area contributed by atoms with Crippen molar-refractivity contribution in [3.63, 3.8) is 0 Å². The van der Waals surface area contributed by atoms with Crippen molar-refractivity contribution in [2.45, 2.75) is 87.7 Å². The first-order valence-corrected chi connectivity index (χ1v) is 19.2. The van der Waals surface area contributed by atoms with Crippen LogP contribution in [0.4, 0.5) is 4.79 Å². The van der Waals surface area contributed by atoms with E-state index in [4.69, 9.17) is 9.47 Å². The number of aliphatic hydroxyl groups is 1. The zero-order chi connectivity index (χ0) is 34.1. The van der Waals surface area contributed by atoms with Crippen LogP contribution in [0.25, 0.3) is 11.1 Å². The number of carbonyl (C=O) groups is 1. The number of nitrogens with one attached hydrogen (secondary N) is 2. The Morgan fingerprint density at radius 3 is 2.22 bits per heavy atom. The van der Waals surface area contributed by atoms with Crippen LogP contribution in [-0.4, -0.2) is 33.5 Å². The SMILES string of the molecule is C[C@@H]1[C@H](CSc2ccccn2)O[C@H](c2ccc(-c3ccccc3CNC(=O)NC34CC5CC(CC(C5)C3)C4)cc2)O[C@@H]1c1ccc(CO)cc1. The standard InChI is InChI=1S/C42H47N3O4S/c1-27-37(26-50-38-8-4-5-17-43-38)48-40(49-39(27)33-11-9-28(25-46)10-12-33)34-15-13-32(14-16-34)36-7-3-2-6-35(36)24-44-41(47)45-42-21-29-18-30(22-42)20-31(19-29)23-42/h2-17,27,29-31,37,39-40,46H,18-26H2,1H3,(H2,44,45,47)/t27-,29?,30?,31?,37+,39+,40+,42?/m1/s1. The fraction of sp³-hybridized carbons (Fsp3) is 0.429. The minimum atomic E-state index is -0.540. The Bertz CT molecular complexity index is 1730. The zero-order valence-corrected chi connectivity index (χ0v) is 29.5. The molecule has 50 heavy (non-hydrogen) atoms. The zero-order valence-electron chi connectivity index (χ0n) is 28.7. The van der Waals surface area contributed by atoms with Crippen LogP contribution < -0.4 is 10.6 Å². The smallest absolute Gasteiger partial charge is 0.315 e. The molecule has 7 nitrogen and oxygen atoms in total. The summed E-state index contributed by atoms with van der Waals surface area (Å²) in [5.74, 6) is 3.22. The number of hydrogen-bond donors (Lipinski definition) is 3. The number of amides is 2. The van der Waals surface area contributed by atoms with Gasteiger partial charge in [-0.1, -0.05) is 85.8 Å². The van der Waals surface area contributed by atoms with E-state index in [2.05, 4.69) is 71.1 Å². The predicted octanol–water partition coefficient (Wildman–Crippen LogP) is 8.59. The molecule has 260 valence electrons. The molecular weight excluding hydrogens is 643 g/mol. The highest BCUT2D eigenvalue weighted by Gasteiger charge is 2.51. The Hall–Kier alpha value is -3.69. The first-order valence-electron chi connectivity index (χ1n) is 18.2. The van der Waals surface area contributed by atoms with E-state index in [0.717, 1.165) is 81.2 Å². The van der Waals surface area contributed by atoms with Gasteiger partial charge in [0.2, 0.25) is 0 Å². The van der Waals surface area contributed by atoms with E-state index in [1.54, 1.807) is 11.8 Å². The lowest BCUT2D eigenvalue weighted by atomic mass is 9.53. The molecular formula is C42H47N3O4S. The molecule has 9 rings (SSSR count). The van der Waals surface area contributed by atoms with Crippen molar-refractivity contribution in [3.05, 3.63) is 119 Å². The molecule has 8 heteroatoms. The van der Waals surface area contributed by atoms with Crippen molar-refractivity contribution in [3.8, 4) is 11.1 Å². The van der Waals surface area contributed by atoms with E-state index in [-0.39, 0.29) is 36.3 Å². The topological polar surface area (TPSA) is 92.7 Å². The molecule has 4 aliphatic carbocycles. The maximum Gasteiger partial charge on any atom is 0.315 e. The van der Waals surface area contributed by atoms with Crippen LogP contribution >= 0.6 is 11.8 Å². The second-order valence-electron chi connectivity index (χ2n) is 15.1. The first-order chi connectivity index (χ1) is 24.4. The van der Waals surface area contributed by atoms with Crippen molar-refractivity contribution in [2.75, 3.05) is 5.75 Å². The lowest BCUT2D eigenvalue weighted by Crippen LogP contribution is -2.61. The Morgan fingerprint density at radius 1 is 0.860 bits per heavy atom. The second-order valence-corrected chi connectivity index (χ2v) is 16.1. The van der Waals surface area contributed by atoms with Gasteiger partial charge in [-0.15, -0.1) is 11.8 Å². The van der Waals surface area contributed by atoms with E-state index < -0.39 is 6.29 Å². The number of aliphatic hydroxyl groups excluding tert-OH is 1. The van der Waals surface area contributed by atoms with Gasteiger partial charge in [0.05, 0.1) is 23.8 Å². The molecule has 0 radical (unpaired) electrons. The molecule has 4 bridgehead atoms. The Morgan fingerprint density at radius 2 is 1.54 bits per heavy atom. The molecule has 5 aliphatic rings. The second kappa shape index (κ2) is 14.5. The van der Waals surface area contributed by atoms with Gasteiger partial charge < -0.3 is 25.2 Å². The van der Waals surface area contributed by atoms with E-state index in [0.29, 0.717) is 6.54 Å². The number of ether oxygens (including phenoxy) is 2. The summed E-state index contributed by atoms with van der Waals surface area (Å²) in [5.41, 5.74) is 6.15. The Labute approximate surface area is 299 Å². The van der Waals surface area contributed by atoms with Crippen LogP contribution in [0.1, 0.15) is 80.1 Å². The van der Waals surface area contributed by atoms with Crippen LogP contribution in [0, 0.1) is 23.7 Å². The average Bonchev–Trinajstić information content (AvgIpc) is 3.13. The highest BCUT2D eigenvalue weighted by molar-refractivity contribution is 7.99. The first kappa shape index (κ1) is 33.5. The molecule has 0 spiro atoms. The summed E-state index contributed by atoms with van der Waals surface area (Å²) in [6.45, 7) is 2.66. The largest absolute Gasteiger partial charge is 0.392 e. The van der Waals surface area contributed by atoms with Gasteiger partial charge in [0.25, 0.3) is 0 Å². The number of aromatic nitrogens is 1. The summed E-state index contributed by atoms with van der Waals surface area (Å²) in [4.78, 5) is 17.7. The molecule has 1 aliphatic heterocycles. The number of nitrogens with zero attached hydrogens (tertiary/aromatic N) is 1. The third kappa shape index (κ3) is 7.22. The Balaban J connectivity index is 0.962. The van der Waals surface area contributed by atoms with Crippen molar-refractivity contribution < 1.29 is 19.4 Å². The fourth-order valence-corrected chi connectivity index (χ4v) is 10.4. The summed E-state index contributed by atoms with van der Waals surface area (Å²) in [6, 6.07) is 30.7. The summed E-state index contributed by atoms with van der Waals surface area (Å²) in [6.07, 6.45) is 8.54. The van der Waals surface area contributed by atoms with Crippen LogP contribution in [0.2, 0.25) is 0 Å². The Kier molecular flexibility index (Phi) is 9.71. The van der Waals surface area contributed by atoms with Crippen LogP contribution in [0.3, 0.4) is 0 Å². The molecule has 3 N–H and O–H groups in total. The maximum absolute atomic E-state index is 13.2. The third-order valence-corrected chi connectivity index (χ3v) is 12.6. The summed E-state index contributed by atoms with van der Waals surface area (Å²) >= 11 is 1.70. The number of carbonyl (C=O) groups excluding carboxylic acids is 1. The number of thioether (sulfide) groups is 1. The predicted molar refractivity (Wildman–Crippen MR) is 196 cm³/mol. The molecule has 1 saturated heterocycles. The highest BCUT2D eigenvalue weighted by Crippen LogP contribution is 2.55. The number of hydrogen-bond acceptors (Lipinski definition) is 6. The molecule has 3 aromatic carbocycles. The average molecular weight is 690 g/mol. The maximum atomic E-state index is 13.2. The van der Waals surface area contributed by atoms with Crippen molar-refractivity contribution in [1.29, 1.82) is 0 Å². The summed E-state index contributed by atoms with van der Waals surface area (Å²) in [5, 5.41) is 17.2. The van der Waals surface area contributed by atoms with Crippen LogP contribution in [0.5, 0.6) is 0 Å². The number of urea groups is 1. The lowest BCUT2D eigenvalue weighted by Gasteiger charge is -2.56. The molecule has 2 heterocycles. The van der Waals surface area contributed by atoms with Gasteiger partial charge in [-0.25, -0.2) is 9.78 Å². The molecule has 1 aromatic heterocycles. The van der Waals surface area contributed by atoms with Crippen molar-refractivity contribution in [2.24, 2.45) is 23.7 Å². The molecule has 4 atom stereocenters. The normalized spacial score (nSPS) is 29.8. The summed E-state index contributed by atoms with van der Waals surface area (Å²) in [7, 11) is 0. The van der Waals surface area contributed by atoms with Crippen LogP contribution in [0.15, 0.2) is 102 Å². The number of benzene rings is 3. The van der Waals surface area contributed by atoms with Gasteiger partial charge in [-0.05, 0) is 96.2 Å². The molecule has 4 aromatic rings. The van der Waals surface area contributed by atoms with Gasteiger partial charge in [0.15, 0.2) is 6.29 Å². The fourth-order valence-electron chi connectivity index (χ4n) is 9.41. The molecule has 0 unspecified atom stereocenters. The van der Waals surface area contributed by atoms with Gasteiger partial charge in [-0.2, -0.15) is 0 Å². The van der Waals surface area contributed by atoms with E-state index in [1.165, 1.54) is 19.3 Å². The minimum absolute atomic E-state index is 0.00669. The number of pyridine rings is 1.